The van der Waals surface area contributed by atoms with Crippen molar-refractivity contribution in [3.8, 4) is 17.0 Å². The van der Waals surface area contributed by atoms with Crippen molar-refractivity contribution in [2.24, 2.45) is 4.99 Å². The highest BCUT2D eigenvalue weighted by molar-refractivity contribution is 5.89. The number of H-pyrrole nitrogens is 1. The summed E-state index contributed by atoms with van der Waals surface area (Å²) in [5, 5.41) is 10.6. The Kier molecular flexibility index (Phi) is 5.62. The molecule has 0 amide bonds. The number of hydrogen-bond donors (Lipinski definition) is 1. The van der Waals surface area contributed by atoms with Crippen LogP contribution in [0.25, 0.3) is 27.7 Å². The van der Waals surface area contributed by atoms with Gasteiger partial charge in [-0.1, -0.05) is 11.3 Å². The number of likely N-dealkylation sites (tertiary alicyclic amines) is 1. The lowest BCUT2D eigenvalue weighted by atomic mass is 9.91. The molecule has 5 heterocycles. The molecule has 6 rings (SSSR count). The van der Waals surface area contributed by atoms with Crippen LogP contribution in [0.15, 0.2) is 35.4 Å². The molecule has 2 fully saturated rings. The van der Waals surface area contributed by atoms with E-state index in [2.05, 4.69) is 25.4 Å². The van der Waals surface area contributed by atoms with Crippen molar-refractivity contribution in [2.45, 2.75) is 43.8 Å². The average molecular weight is 536 g/mol. The SMILES string of the molecule is [2H]c1cc(-c2ccc3nnn(CC(F)F)c3c2)c2c(OC)nc(=NC3CCN(C4(C)COC4)CC3(F)F)[nH]n12. The Labute approximate surface area is 215 Å². The lowest BCUT2D eigenvalue weighted by molar-refractivity contribution is -0.176. The molecule has 1 N–H and O–H groups in total. The number of ether oxygens (including phenoxy) is 2. The summed E-state index contributed by atoms with van der Waals surface area (Å²) in [4.78, 5) is 10.3. The Bertz CT molecular complexity index is 1610. The Balaban J connectivity index is 1.38. The molecule has 4 aromatic rings. The zero-order chi connectivity index (χ0) is 27.5. The van der Waals surface area contributed by atoms with Crippen molar-refractivity contribution in [3.05, 3.63) is 36.1 Å². The zero-order valence-corrected chi connectivity index (χ0v) is 20.7. The summed E-state index contributed by atoms with van der Waals surface area (Å²) in [6, 6.07) is 5.24. The van der Waals surface area contributed by atoms with Crippen molar-refractivity contribution < 1.29 is 28.4 Å². The molecule has 0 aliphatic carbocycles. The second-order valence-electron chi connectivity index (χ2n) is 9.90. The average Bonchev–Trinajstić information content (AvgIpc) is 3.43. The van der Waals surface area contributed by atoms with Gasteiger partial charge in [0.25, 0.3) is 12.3 Å². The van der Waals surface area contributed by atoms with Gasteiger partial charge in [0.05, 0.1) is 39.3 Å². The minimum absolute atomic E-state index is 0.00375. The Morgan fingerprint density at radius 3 is 2.82 bits per heavy atom. The summed E-state index contributed by atoms with van der Waals surface area (Å²) < 4.78 is 78.0. The van der Waals surface area contributed by atoms with Crippen molar-refractivity contribution >= 4 is 16.6 Å². The van der Waals surface area contributed by atoms with E-state index < -0.39 is 37.0 Å². The van der Waals surface area contributed by atoms with E-state index in [1.165, 1.54) is 17.7 Å². The Morgan fingerprint density at radius 2 is 2.13 bits per heavy atom. The molecule has 10 nitrogen and oxygen atoms in total. The van der Waals surface area contributed by atoms with Crippen LogP contribution >= 0.6 is 0 Å². The second kappa shape index (κ2) is 9.05. The molecular formula is C24H26F4N8O2. The maximum absolute atomic E-state index is 15.2. The molecule has 14 heteroatoms. The predicted molar refractivity (Wildman–Crippen MR) is 128 cm³/mol. The van der Waals surface area contributed by atoms with Crippen molar-refractivity contribution in [1.82, 2.24) is 34.5 Å². The number of hydrogen-bond acceptors (Lipinski definition) is 7. The van der Waals surface area contributed by atoms with E-state index in [0.29, 0.717) is 47.4 Å². The van der Waals surface area contributed by atoms with Crippen LogP contribution in [-0.4, -0.2) is 91.8 Å². The third kappa shape index (κ3) is 4.21. The lowest BCUT2D eigenvalue weighted by Crippen LogP contribution is -2.66. The van der Waals surface area contributed by atoms with E-state index in [0.717, 1.165) is 4.68 Å². The number of aromatic amines is 1. The van der Waals surface area contributed by atoms with Crippen LogP contribution in [0.2, 0.25) is 0 Å². The molecule has 1 aromatic carbocycles. The molecule has 1 atom stereocenters. The fraction of sp³-hybridized carbons (Fsp3) is 0.500. The highest BCUT2D eigenvalue weighted by Gasteiger charge is 2.51. The third-order valence-corrected chi connectivity index (χ3v) is 7.20. The van der Waals surface area contributed by atoms with Gasteiger partial charge in [-0.05, 0) is 37.1 Å². The number of methoxy groups -OCH3 is 1. The van der Waals surface area contributed by atoms with E-state index in [4.69, 9.17) is 10.8 Å². The van der Waals surface area contributed by atoms with Gasteiger partial charge in [0.1, 0.15) is 23.6 Å². The first-order valence-corrected chi connectivity index (χ1v) is 12.1. The second-order valence-corrected chi connectivity index (χ2v) is 9.90. The van der Waals surface area contributed by atoms with Gasteiger partial charge in [0.15, 0.2) is 0 Å². The topological polar surface area (TPSA) is 97.9 Å². The summed E-state index contributed by atoms with van der Waals surface area (Å²) in [5.41, 5.74) is 1.83. The van der Waals surface area contributed by atoms with Gasteiger partial charge in [-0.15, -0.1) is 5.10 Å². The maximum atomic E-state index is 15.2. The quantitative estimate of drug-likeness (QED) is 0.382. The van der Waals surface area contributed by atoms with Gasteiger partial charge >= 0.3 is 0 Å². The number of nitrogens with zero attached hydrogens (tertiary/aromatic N) is 7. The fourth-order valence-electron chi connectivity index (χ4n) is 5.05. The summed E-state index contributed by atoms with van der Waals surface area (Å²) >= 11 is 0. The van der Waals surface area contributed by atoms with E-state index in [9.17, 15) is 8.78 Å². The molecule has 0 saturated carbocycles. The van der Waals surface area contributed by atoms with Crippen LogP contribution in [0, 0.1) is 0 Å². The van der Waals surface area contributed by atoms with Gasteiger partial charge in [0.2, 0.25) is 11.5 Å². The van der Waals surface area contributed by atoms with Gasteiger partial charge in [-0.3, -0.25) is 14.5 Å². The molecule has 0 spiro atoms. The highest BCUT2D eigenvalue weighted by Crippen LogP contribution is 2.36. The molecule has 1 unspecified atom stereocenters. The predicted octanol–water partition coefficient (Wildman–Crippen LogP) is 2.75. The lowest BCUT2D eigenvalue weighted by Gasteiger charge is -2.51. The van der Waals surface area contributed by atoms with Crippen molar-refractivity contribution in [3.63, 3.8) is 0 Å². The van der Waals surface area contributed by atoms with Crippen LogP contribution in [0.3, 0.4) is 0 Å². The standard InChI is InChI=1S/C24H26F4N8O2/c1-23(12-38-13-23)34-7-6-18(24(27,28)11-34)29-22-30-21(37-2)20-15(5-8-35(20)32-22)14-3-4-16-17(9-14)36(33-31-16)10-19(25)26/h3-5,8-9,18-19H,6-7,10-13H2,1-2H3,(H,29,32)/i8D. The first kappa shape index (κ1) is 23.6. The Morgan fingerprint density at radius 1 is 1.32 bits per heavy atom. The normalized spacial score (nSPS) is 22.2. The maximum Gasteiger partial charge on any atom is 0.282 e. The minimum atomic E-state index is -3.09. The van der Waals surface area contributed by atoms with Gasteiger partial charge < -0.3 is 9.47 Å². The number of fused-ring (bicyclic) bond motifs is 2. The van der Waals surface area contributed by atoms with E-state index in [1.54, 1.807) is 23.1 Å². The van der Waals surface area contributed by atoms with Crippen LogP contribution in [-0.2, 0) is 11.3 Å². The molecule has 2 aliphatic heterocycles. The fourth-order valence-corrected chi connectivity index (χ4v) is 5.05. The summed E-state index contributed by atoms with van der Waals surface area (Å²) in [7, 11) is 1.38. The minimum Gasteiger partial charge on any atom is -0.479 e. The molecule has 202 valence electrons. The third-order valence-electron chi connectivity index (χ3n) is 7.20. The van der Waals surface area contributed by atoms with Gasteiger partial charge in [-0.2, -0.15) is 4.98 Å². The number of halogens is 4. The largest absolute Gasteiger partial charge is 0.479 e. The zero-order valence-electron chi connectivity index (χ0n) is 21.7. The van der Waals surface area contributed by atoms with E-state index in [1.807, 2.05) is 6.92 Å². The monoisotopic (exact) mass is 535 g/mol. The Hall–Kier alpha value is -3.52. The molecule has 0 radical (unpaired) electrons. The van der Waals surface area contributed by atoms with Gasteiger partial charge in [0, 0.05) is 18.3 Å². The van der Waals surface area contributed by atoms with Crippen LogP contribution in [0.1, 0.15) is 14.7 Å². The molecule has 2 saturated heterocycles. The molecule has 38 heavy (non-hydrogen) atoms. The van der Waals surface area contributed by atoms with Gasteiger partial charge in [-0.25, -0.2) is 27.2 Å². The number of benzene rings is 1. The summed E-state index contributed by atoms with van der Waals surface area (Å²) in [6.45, 7) is 2.17. The van der Waals surface area contributed by atoms with Crippen LogP contribution in [0.4, 0.5) is 17.6 Å². The summed E-state index contributed by atoms with van der Waals surface area (Å²) in [6.07, 6.45) is -2.48. The molecule has 0 bridgehead atoms. The van der Waals surface area contributed by atoms with Crippen molar-refractivity contribution in [2.75, 3.05) is 33.4 Å². The highest BCUT2D eigenvalue weighted by atomic mass is 19.3. The molecule has 2 aliphatic rings. The molecular weight excluding hydrogens is 508 g/mol. The molecule has 3 aromatic heterocycles. The first-order chi connectivity index (χ1) is 18.6. The number of piperidine rings is 1. The van der Waals surface area contributed by atoms with E-state index in [-0.39, 0.29) is 24.1 Å². The van der Waals surface area contributed by atoms with E-state index >= 15 is 8.78 Å². The van der Waals surface area contributed by atoms with Crippen LogP contribution in [0.5, 0.6) is 5.88 Å². The number of rotatable bonds is 6. The van der Waals surface area contributed by atoms with Crippen LogP contribution < -0.4 is 10.4 Å². The number of alkyl halides is 4. The first-order valence-electron chi connectivity index (χ1n) is 12.6. The summed E-state index contributed by atoms with van der Waals surface area (Å²) in [5.74, 6) is -3.02. The number of nitrogens with one attached hydrogen (secondary N) is 1. The van der Waals surface area contributed by atoms with Crippen molar-refractivity contribution in [1.29, 1.82) is 0 Å². The number of aromatic nitrogens is 6. The smallest absolute Gasteiger partial charge is 0.282 e.